The molecule has 88 valence electrons. The highest BCUT2D eigenvalue weighted by Crippen LogP contribution is 2.16. The van der Waals surface area contributed by atoms with Gasteiger partial charge in [-0.2, -0.15) is 4.31 Å². The van der Waals surface area contributed by atoms with E-state index in [2.05, 4.69) is 25.3 Å². The van der Waals surface area contributed by atoms with E-state index in [4.69, 9.17) is 0 Å². The fourth-order valence-corrected chi connectivity index (χ4v) is 2.50. The largest absolute Gasteiger partial charge is 0.372 e. The van der Waals surface area contributed by atoms with Crippen LogP contribution in [0.3, 0.4) is 0 Å². The van der Waals surface area contributed by atoms with Crippen molar-refractivity contribution in [2.75, 3.05) is 32.4 Å². The average Bonchev–Trinajstić information content (AvgIpc) is 2.15. The van der Waals surface area contributed by atoms with Gasteiger partial charge >= 0.3 is 0 Å². The Labute approximate surface area is 92.6 Å². The summed E-state index contributed by atoms with van der Waals surface area (Å²) in [4.78, 5) is 2.17. The molecular formula is C10H20N2O2S. The summed E-state index contributed by atoms with van der Waals surface area (Å²) in [5.41, 5.74) is 1.10. The Hall–Kier alpha value is -0.550. The summed E-state index contributed by atoms with van der Waals surface area (Å²) in [6.45, 7) is 10.9. The first kappa shape index (κ1) is 12.5. The van der Waals surface area contributed by atoms with E-state index in [1.165, 1.54) is 10.6 Å². The van der Waals surface area contributed by atoms with Crippen molar-refractivity contribution < 1.29 is 8.42 Å². The topological polar surface area (TPSA) is 40.6 Å². The first-order chi connectivity index (χ1) is 6.82. The molecule has 0 radical (unpaired) electrons. The Bertz CT molecular complexity index is 327. The Kier molecular flexibility index (Phi) is 3.78. The standard InChI is InChI=1S/C10H20N2O2S/c1-9(2)10(3)11-5-7-12(8-6-11)15(4,13)14/h9H,3,5-8H2,1-2,4H3. The second-order valence-electron chi connectivity index (χ2n) is 4.30. The highest BCUT2D eigenvalue weighted by Gasteiger charge is 2.24. The van der Waals surface area contributed by atoms with Gasteiger partial charge in [-0.3, -0.25) is 0 Å². The van der Waals surface area contributed by atoms with E-state index < -0.39 is 10.0 Å². The third kappa shape index (κ3) is 3.21. The lowest BCUT2D eigenvalue weighted by Crippen LogP contribution is -2.48. The number of piperazine rings is 1. The lowest BCUT2D eigenvalue weighted by Gasteiger charge is -2.37. The zero-order valence-electron chi connectivity index (χ0n) is 9.73. The van der Waals surface area contributed by atoms with Gasteiger partial charge in [0.05, 0.1) is 6.26 Å². The van der Waals surface area contributed by atoms with Crippen molar-refractivity contribution >= 4 is 10.0 Å². The number of hydrogen-bond donors (Lipinski definition) is 0. The van der Waals surface area contributed by atoms with E-state index in [1.807, 2.05) is 0 Å². The Morgan fingerprint density at radius 1 is 1.20 bits per heavy atom. The Morgan fingerprint density at radius 3 is 2.00 bits per heavy atom. The van der Waals surface area contributed by atoms with Crippen LogP contribution >= 0.6 is 0 Å². The molecular weight excluding hydrogens is 212 g/mol. The molecule has 0 N–H and O–H groups in total. The predicted molar refractivity (Wildman–Crippen MR) is 62.0 cm³/mol. The minimum Gasteiger partial charge on any atom is -0.372 e. The number of sulfonamides is 1. The number of hydrogen-bond acceptors (Lipinski definition) is 3. The third-order valence-corrected chi connectivity index (χ3v) is 4.08. The highest BCUT2D eigenvalue weighted by molar-refractivity contribution is 7.88. The average molecular weight is 232 g/mol. The second kappa shape index (κ2) is 4.53. The van der Waals surface area contributed by atoms with Crippen LogP contribution in [0.15, 0.2) is 12.3 Å². The van der Waals surface area contributed by atoms with E-state index in [0.717, 1.165) is 18.8 Å². The van der Waals surface area contributed by atoms with Crippen LogP contribution in [-0.4, -0.2) is 50.1 Å². The molecule has 0 amide bonds. The molecule has 0 aromatic heterocycles. The van der Waals surface area contributed by atoms with Crippen LogP contribution in [0.2, 0.25) is 0 Å². The first-order valence-electron chi connectivity index (χ1n) is 5.21. The van der Waals surface area contributed by atoms with E-state index in [9.17, 15) is 8.42 Å². The first-order valence-corrected chi connectivity index (χ1v) is 7.06. The molecule has 0 saturated carbocycles. The van der Waals surface area contributed by atoms with Gasteiger partial charge in [-0.25, -0.2) is 8.42 Å². The van der Waals surface area contributed by atoms with Crippen LogP contribution in [-0.2, 0) is 10.0 Å². The second-order valence-corrected chi connectivity index (χ2v) is 6.28. The van der Waals surface area contributed by atoms with Crippen molar-refractivity contribution in [1.29, 1.82) is 0 Å². The SMILES string of the molecule is C=C(C(C)C)N1CCN(S(C)(=O)=O)CC1. The highest BCUT2D eigenvalue weighted by atomic mass is 32.2. The van der Waals surface area contributed by atoms with Gasteiger partial charge in [0, 0.05) is 31.9 Å². The van der Waals surface area contributed by atoms with Crippen molar-refractivity contribution in [1.82, 2.24) is 9.21 Å². The summed E-state index contributed by atoms with van der Waals surface area (Å²) < 4.78 is 24.1. The van der Waals surface area contributed by atoms with Crippen LogP contribution in [0.5, 0.6) is 0 Å². The van der Waals surface area contributed by atoms with Crippen LogP contribution in [0.4, 0.5) is 0 Å². The van der Waals surface area contributed by atoms with Crippen molar-refractivity contribution in [3.8, 4) is 0 Å². The molecule has 1 heterocycles. The molecule has 1 saturated heterocycles. The Balaban J connectivity index is 2.53. The third-order valence-electron chi connectivity index (χ3n) is 2.78. The van der Waals surface area contributed by atoms with Gasteiger partial charge in [-0.05, 0) is 5.92 Å². The molecule has 15 heavy (non-hydrogen) atoms. The van der Waals surface area contributed by atoms with Crippen LogP contribution in [0.1, 0.15) is 13.8 Å². The number of allylic oxidation sites excluding steroid dienone is 1. The summed E-state index contributed by atoms with van der Waals surface area (Å²) in [6.07, 6.45) is 1.26. The maximum absolute atomic E-state index is 11.3. The monoisotopic (exact) mass is 232 g/mol. The van der Waals surface area contributed by atoms with Crippen LogP contribution < -0.4 is 0 Å². The molecule has 0 aromatic carbocycles. The molecule has 0 aromatic rings. The molecule has 1 aliphatic rings. The zero-order chi connectivity index (χ0) is 11.6. The fourth-order valence-electron chi connectivity index (χ4n) is 1.67. The summed E-state index contributed by atoms with van der Waals surface area (Å²) in [5.74, 6) is 0.426. The lowest BCUT2D eigenvalue weighted by atomic mass is 10.1. The maximum atomic E-state index is 11.3. The lowest BCUT2D eigenvalue weighted by molar-refractivity contribution is 0.216. The van der Waals surface area contributed by atoms with E-state index in [-0.39, 0.29) is 0 Å². The normalized spacial score (nSPS) is 19.6. The van der Waals surface area contributed by atoms with Gasteiger partial charge in [-0.15, -0.1) is 0 Å². The molecule has 1 aliphatic heterocycles. The molecule has 5 heteroatoms. The number of rotatable bonds is 3. The minimum atomic E-state index is -3.02. The van der Waals surface area contributed by atoms with Gasteiger partial charge in [0.1, 0.15) is 0 Å². The zero-order valence-corrected chi connectivity index (χ0v) is 10.5. The molecule has 1 fully saturated rings. The maximum Gasteiger partial charge on any atom is 0.211 e. The van der Waals surface area contributed by atoms with Gasteiger partial charge < -0.3 is 4.90 Å². The molecule has 0 atom stereocenters. The van der Waals surface area contributed by atoms with Gasteiger partial charge in [0.15, 0.2) is 0 Å². The van der Waals surface area contributed by atoms with Crippen molar-refractivity contribution in [3.05, 3.63) is 12.3 Å². The van der Waals surface area contributed by atoms with Crippen molar-refractivity contribution in [2.24, 2.45) is 5.92 Å². The van der Waals surface area contributed by atoms with Gasteiger partial charge in [0.2, 0.25) is 10.0 Å². The van der Waals surface area contributed by atoms with Crippen molar-refractivity contribution in [3.63, 3.8) is 0 Å². The molecule has 0 bridgehead atoms. The summed E-state index contributed by atoms with van der Waals surface area (Å²) >= 11 is 0. The van der Waals surface area contributed by atoms with Crippen LogP contribution in [0, 0.1) is 5.92 Å². The summed E-state index contributed by atoms with van der Waals surface area (Å²) in [5, 5.41) is 0. The Morgan fingerprint density at radius 2 is 1.67 bits per heavy atom. The molecule has 0 unspecified atom stereocenters. The van der Waals surface area contributed by atoms with Crippen molar-refractivity contribution in [2.45, 2.75) is 13.8 Å². The molecule has 0 aliphatic carbocycles. The van der Waals surface area contributed by atoms with Crippen LogP contribution in [0.25, 0.3) is 0 Å². The summed E-state index contributed by atoms with van der Waals surface area (Å²) in [7, 11) is -3.02. The van der Waals surface area contributed by atoms with E-state index >= 15 is 0 Å². The van der Waals surface area contributed by atoms with E-state index in [1.54, 1.807) is 0 Å². The van der Waals surface area contributed by atoms with Gasteiger partial charge in [-0.1, -0.05) is 20.4 Å². The quantitative estimate of drug-likeness (QED) is 0.720. The predicted octanol–water partition coefficient (Wildman–Crippen LogP) is 0.733. The molecule has 0 spiro atoms. The molecule has 4 nitrogen and oxygen atoms in total. The van der Waals surface area contributed by atoms with Gasteiger partial charge in [0.25, 0.3) is 0 Å². The smallest absolute Gasteiger partial charge is 0.211 e. The fraction of sp³-hybridized carbons (Fsp3) is 0.800. The summed E-state index contributed by atoms with van der Waals surface area (Å²) in [6, 6.07) is 0. The minimum absolute atomic E-state index is 0.426. The molecule has 1 rings (SSSR count). The van der Waals surface area contributed by atoms with E-state index in [0.29, 0.717) is 19.0 Å². The number of nitrogens with zero attached hydrogens (tertiary/aromatic N) is 2.